The van der Waals surface area contributed by atoms with Crippen LogP contribution in [-0.2, 0) is 0 Å². The molecule has 4 heteroatoms. The first-order chi connectivity index (χ1) is 6.11. The van der Waals surface area contributed by atoms with Gasteiger partial charge in [-0.15, -0.1) is 0 Å². The molecule has 0 radical (unpaired) electrons. The van der Waals surface area contributed by atoms with Crippen molar-refractivity contribution in [1.82, 2.24) is 0 Å². The van der Waals surface area contributed by atoms with Crippen LogP contribution in [0.3, 0.4) is 0 Å². The summed E-state index contributed by atoms with van der Waals surface area (Å²) in [5.41, 5.74) is 0. The van der Waals surface area contributed by atoms with Crippen molar-refractivity contribution in [2.75, 3.05) is 5.75 Å². The van der Waals surface area contributed by atoms with Gasteiger partial charge < -0.3 is 9.52 Å². The van der Waals surface area contributed by atoms with Crippen LogP contribution in [-0.4, -0.2) is 16.1 Å². The fourth-order valence-electron chi connectivity index (χ4n) is 0.902. The molecule has 2 nitrogen and oxygen atoms in total. The average Bonchev–Trinajstić information content (AvgIpc) is 2.47. The van der Waals surface area contributed by atoms with Crippen LogP contribution in [0.15, 0.2) is 21.2 Å². The second-order valence-corrected chi connectivity index (χ2v) is 5.49. The first-order valence-corrected chi connectivity index (χ1v) is 5.98. The Bertz CT molecular complexity index is 260. The van der Waals surface area contributed by atoms with Gasteiger partial charge in [0.15, 0.2) is 0 Å². The van der Waals surface area contributed by atoms with E-state index in [4.69, 9.17) is 4.42 Å². The van der Waals surface area contributed by atoms with Gasteiger partial charge in [-0.2, -0.15) is 11.8 Å². The van der Waals surface area contributed by atoms with E-state index in [2.05, 4.69) is 29.8 Å². The number of thioether (sulfide) groups is 1. The fraction of sp³-hybridized carbons (Fsp3) is 0.556. The second kappa shape index (κ2) is 5.08. The van der Waals surface area contributed by atoms with Crippen molar-refractivity contribution in [3.63, 3.8) is 0 Å². The third kappa shape index (κ3) is 3.37. The second-order valence-electron chi connectivity index (χ2n) is 3.03. The first-order valence-electron chi connectivity index (χ1n) is 4.14. The molecule has 0 saturated carbocycles. The van der Waals surface area contributed by atoms with Gasteiger partial charge in [-0.25, -0.2) is 0 Å². The van der Waals surface area contributed by atoms with Crippen molar-refractivity contribution in [1.29, 1.82) is 0 Å². The molecule has 0 amide bonds. The van der Waals surface area contributed by atoms with Gasteiger partial charge in [-0.3, -0.25) is 0 Å². The molecule has 1 atom stereocenters. The van der Waals surface area contributed by atoms with Gasteiger partial charge in [0, 0.05) is 5.75 Å². The Hall–Kier alpha value is 0.0700. The number of hydrogen-bond acceptors (Lipinski definition) is 3. The lowest BCUT2D eigenvalue weighted by atomic mass is 10.3. The van der Waals surface area contributed by atoms with E-state index < -0.39 is 6.10 Å². The molecule has 1 rings (SSSR count). The maximum atomic E-state index is 9.69. The Balaban J connectivity index is 2.49. The Morgan fingerprint density at radius 3 is 2.77 bits per heavy atom. The van der Waals surface area contributed by atoms with Gasteiger partial charge in [0.1, 0.15) is 11.9 Å². The molecule has 74 valence electrons. The fourth-order valence-corrected chi connectivity index (χ4v) is 2.09. The van der Waals surface area contributed by atoms with Crippen molar-refractivity contribution in [2.24, 2.45) is 0 Å². The van der Waals surface area contributed by atoms with Crippen molar-refractivity contribution >= 4 is 27.7 Å². The summed E-state index contributed by atoms with van der Waals surface area (Å²) in [5, 5.41) is 10.2. The number of furan rings is 1. The van der Waals surface area contributed by atoms with E-state index in [-0.39, 0.29) is 0 Å². The van der Waals surface area contributed by atoms with E-state index in [1.165, 1.54) is 0 Å². The van der Waals surface area contributed by atoms with E-state index in [0.29, 0.717) is 16.8 Å². The van der Waals surface area contributed by atoms with Crippen LogP contribution in [0.5, 0.6) is 0 Å². The smallest absolute Gasteiger partial charge is 0.147 e. The van der Waals surface area contributed by atoms with Crippen LogP contribution in [0, 0.1) is 0 Å². The molecule has 0 spiro atoms. The summed E-state index contributed by atoms with van der Waals surface area (Å²) in [6, 6.07) is 1.79. The normalized spacial score (nSPS) is 13.6. The molecule has 0 bridgehead atoms. The lowest BCUT2D eigenvalue weighted by molar-refractivity contribution is 0.173. The van der Waals surface area contributed by atoms with Crippen molar-refractivity contribution in [2.45, 2.75) is 25.2 Å². The van der Waals surface area contributed by atoms with Crippen molar-refractivity contribution < 1.29 is 9.52 Å². The Morgan fingerprint density at radius 1 is 1.62 bits per heavy atom. The number of aliphatic hydroxyl groups excluding tert-OH is 1. The maximum Gasteiger partial charge on any atom is 0.147 e. The van der Waals surface area contributed by atoms with E-state index in [1.807, 2.05) is 0 Å². The first kappa shape index (κ1) is 11.1. The highest BCUT2D eigenvalue weighted by Crippen LogP contribution is 2.27. The minimum Gasteiger partial charge on any atom is -0.465 e. The van der Waals surface area contributed by atoms with Crippen LogP contribution >= 0.6 is 27.7 Å². The van der Waals surface area contributed by atoms with Gasteiger partial charge >= 0.3 is 0 Å². The molecule has 1 unspecified atom stereocenters. The number of rotatable bonds is 4. The Kier molecular flexibility index (Phi) is 4.35. The summed E-state index contributed by atoms with van der Waals surface area (Å²) < 4.78 is 5.99. The Labute approximate surface area is 90.8 Å². The molecule has 1 heterocycles. The van der Waals surface area contributed by atoms with Gasteiger partial charge in [-0.1, -0.05) is 13.8 Å². The maximum absolute atomic E-state index is 9.69. The van der Waals surface area contributed by atoms with Gasteiger partial charge in [0.2, 0.25) is 0 Å². The van der Waals surface area contributed by atoms with Gasteiger partial charge in [-0.05, 0) is 27.2 Å². The lowest BCUT2D eigenvalue weighted by Crippen LogP contribution is -2.02. The molecule has 0 fully saturated rings. The summed E-state index contributed by atoms with van der Waals surface area (Å²) in [4.78, 5) is 0. The molecule has 0 saturated heterocycles. The highest BCUT2D eigenvalue weighted by molar-refractivity contribution is 9.10. The van der Waals surface area contributed by atoms with Crippen LogP contribution in [0.2, 0.25) is 0 Å². The van der Waals surface area contributed by atoms with Crippen LogP contribution in [0.25, 0.3) is 0 Å². The van der Waals surface area contributed by atoms with Crippen LogP contribution < -0.4 is 0 Å². The van der Waals surface area contributed by atoms with Gasteiger partial charge in [0.25, 0.3) is 0 Å². The SMILES string of the molecule is CC(C)SCC(O)c1occc1Br. The van der Waals surface area contributed by atoms with E-state index >= 15 is 0 Å². The molecular weight excluding hydrogens is 252 g/mol. The zero-order valence-corrected chi connectivity index (χ0v) is 10.1. The predicted molar refractivity (Wildman–Crippen MR) is 59.0 cm³/mol. The predicted octanol–water partition coefficient (Wildman–Crippen LogP) is 3.22. The summed E-state index contributed by atoms with van der Waals surface area (Å²) >= 11 is 5.03. The number of halogens is 1. The lowest BCUT2D eigenvalue weighted by Gasteiger charge is -2.09. The Morgan fingerprint density at radius 2 is 2.31 bits per heavy atom. The summed E-state index contributed by atoms with van der Waals surface area (Å²) in [5.74, 6) is 1.29. The number of aliphatic hydroxyl groups is 1. The summed E-state index contributed by atoms with van der Waals surface area (Å²) in [6.45, 7) is 4.21. The van der Waals surface area contributed by atoms with Gasteiger partial charge in [0.05, 0.1) is 10.7 Å². The zero-order chi connectivity index (χ0) is 9.84. The molecule has 0 aliphatic carbocycles. The summed E-state index contributed by atoms with van der Waals surface area (Å²) in [7, 11) is 0. The van der Waals surface area contributed by atoms with E-state index in [9.17, 15) is 5.11 Å². The monoisotopic (exact) mass is 264 g/mol. The van der Waals surface area contributed by atoms with Crippen LogP contribution in [0.1, 0.15) is 25.7 Å². The quantitative estimate of drug-likeness (QED) is 0.907. The minimum absolute atomic E-state index is 0.517. The largest absolute Gasteiger partial charge is 0.465 e. The molecular formula is C9H13BrO2S. The third-order valence-electron chi connectivity index (χ3n) is 1.53. The zero-order valence-electron chi connectivity index (χ0n) is 7.66. The molecule has 13 heavy (non-hydrogen) atoms. The van der Waals surface area contributed by atoms with Crippen molar-refractivity contribution in [3.05, 3.63) is 22.6 Å². The molecule has 0 aromatic carbocycles. The average molecular weight is 265 g/mol. The molecule has 0 aliphatic rings. The van der Waals surface area contributed by atoms with E-state index in [0.717, 1.165) is 4.47 Å². The minimum atomic E-state index is -0.517. The molecule has 1 N–H and O–H groups in total. The summed E-state index contributed by atoms with van der Waals surface area (Å²) in [6.07, 6.45) is 1.06. The topological polar surface area (TPSA) is 33.4 Å². The van der Waals surface area contributed by atoms with Crippen molar-refractivity contribution in [3.8, 4) is 0 Å². The standard InChI is InChI=1S/C9H13BrO2S/c1-6(2)13-5-8(11)9-7(10)3-4-12-9/h3-4,6,8,11H,5H2,1-2H3. The molecule has 0 aliphatic heterocycles. The highest BCUT2D eigenvalue weighted by atomic mass is 79.9. The number of hydrogen-bond donors (Lipinski definition) is 1. The molecule has 1 aromatic rings. The van der Waals surface area contributed by atoms with E-state index in [1.54, 1.807) is 24.1 Å². The molecule has 1 aromatic heterocycles. The third-order valence-corrected chi connectivity index (χ3v) is 3.36. The van der Waals surface area contributed by atoms with Crippen LogP contribution in [0.4, 0.5) is 0 Å². The highest BCUT2D eigenvalue weighted by Gasteiger charge is 2.15.